The summed E-state index contributed by atoms with van der Waals surface area (Å²) in [5.41, 5.74) is 9.93. The molecule has 4 rings (SSSR count). The van der Waals surface area contributed by atoms with Gasteiger partial charge in [0.25, 0.3) is 5.91 Å². The Kier molecular flexibility index (Phi) is 4.83. The van der Waals surface area contributed by atoms with Gasteiger partial charge in [0.1, 0.15) is 0 Å². The molecular formula is C21H24N2O3S2. The van der Waals surface area contributed by atoms with E-state index >= 15 is 0 Å². The molecule has 5 nitrogen and oxygen atoms in total. The number of thiophene rings is 1. The molecule has 0 bridgehead atoms. The first-order valence-corrected chi connectivity index (χ1v) is 12.1. The lowest BCUT2D eigenvalue weighted by atomic mass is 9.87. The van der Waals surface area contributed by atoms with E-state index in [-0.39, 0.29) is 22.8 Å². The highest BCUT2D eigenvalue weighted by Gasteiger charge is 2.37. The molecule has 1 aromatic carbocycles. The largest absolute Gasteiger partial charge is 0.366 e. The third-order valence-electron chi connectivity index (χ3n) is 5.85. The fourth-order valence-electron chi connectivity index (χ4n) is 4.35. The first-order chi connectivity index (χ1) is 13.3. The fourth-order valence-corrected chi connectivity index (χ4v) is 7.29. The molecule has 0 saturated carbocycles. The molecule has 2 aromatic heterocycles. The van der Waals surface area contributed by atoms with Crippen molar-refractivity contribution in [3.05, 3.63) is 46.3 Å². The molecule has 3 heterocycles. The molecule has 1 saturated heterocycles. The van der Waals surface area contributed by atoms with Gasteiger partial charge >= 0.3 is 0 Å². The number of carbonyl (C=O) groups is 1. The maximum absolute atomic E-state index is 12.5. The Bertz CT molecular complexity index is 1130. The van der Waals surface area contributed by atoms with Crippen LogP contribution < -0.4 is 5.73 Å². The number of carbonyl (C=O) groups excluding carboxylic acids is 1. The monoisotopic (exact) mass is 416 g/mol. The average molecular weight is 417 g/mol. The lowest BCUT2D eigenvalue weighted by Crippen LogP contribution is -2.35. The number of hydrogen-bond acceptors (Lipinski definition) is 4. The summed E-state index contributed by atoms with van der Waals surface area (Å²) in [5, 5.41) is 4.68. The number of hydrogen-bond donors (Lipinski definition) is 2. The van der Waals surface area contributed by atoms with Gasteiger partial charge in [-0.2, -0.15) is 11.3 Å². The molecule has 148 valence electrons. The van der Waals surface area contributed by atoms with Crippen molar-refractivity contribution in [2.45, 2.75) is 37.9 Å². The number of nitrogens with one attached hydrogen (secondary N) is 1. The second-order valence-corrected chi connectivity index (χ2v) is 11.1. The van der Waals surface area contributed by atoms with E-state index in [4.69, 9.17) is 5.73 Å². The average Bonchev–Trinajstić information content (AvgIpc) is 3.30. The van der Waals surface area contributed by atoms with E-state index in [1.165, 1.54) is 0 Å². The third kappa shape index (κ3) is 3.26. The predicted octanol–water partition coefficient (Wildman–Crippen LogP) is 4.31. The Hall–Kier alpha value is -2.12. The van der Waals surface area contributed by atoms with E-state index in [0.717, 1.165) is 27.6 Å². The van der Waals surface area contributed by atoms with Crippen LogP contribution in [0.5, 0.6) is 0 Å². The number of primary amides is 1. The SMILES string of the molecule is CC(C)[C@@H]1C[C@H](c2c[nH]c3c(C(N)=O)cc(-c4ccsc4)cc23)CCS1(=O)=O. The van der Waals surface area contributed by atoms with Crippen molar-refractivity contribution < 1.29 is 13.2 Å². The molecule has 0 radical (unpaired) electrons. The van der Waals surface area contributed by atoms with Crippen LogP contribution in [0.4, 0.5) is 0 Å². The Morgan fingerprint density at radius 3 is 2.71 bits per heavy atom. The zero-order valence-corrected chi connectivity index (χ0v) is 17.6. The minimum Gasteiger partial charge on any atom is -0.366 e. The van der Waals surface area contributed by atoms with E-state index in [1.807, 2.05) is 42.9 Å². The Morgan fingerprint density at radius 1 is 1.29 bits per heavy atom. The maximum atomic E-state index is 12.5. The van der Waals surface area contributed by atoms with E-state index in [0.29, 0.717) is 18.4 Å². The molecule has 7 heteroatoms. The number of fused-ring (bicyclic) bond motifs is 1. The van der Waals surface area contributed by atoms with Crippen molar-refractivity contribution in [1.29, 1.82) is 0 Å². The van der Waals surface area contributed by atoms with Crippen LogP contribution in [0.25, 0.3) is 22.0 Å². The number of nitrogens with two attached hydrogens (primary N) is 1. The third-order valence-corrected chi connectivity index (χ3v) is 9.00. The summed E-state index contributed by atoms with van der Waals surface area (Å²) in [4.78, 5) is 15.3. The molecule has 28 heavy (non-hydrogen) atoms. The van der Waals surface area contributed by atoms with Crippen molar-refractivity contribution in [1.82, 2.24) is 4.98 Å². The summed E-state index contributed by atoms with van der Waals surface area (Å²) in [6.07, 6.45) is 3.14. The zero-order valence-electron chi connectivity index (χ0n) is 15.9. The summed E-state index contributed by atoms with van der Waals surface area (Å²) in [5.74, 6) is -0.0365. The van der Waals surface area contributed by atoms with Gasteiger partial charge in [-0.05, 0) is 70.3 Å². The number of benzene rings is 1. The molecule has 1 aliphatic heterocycles. The second-order valence-electron chi connectivity index (χ2n) is 7.94. The molecule has 1 fully saturated rings. The molecule has 1 aliphatic rings. The van der Waals surface area contributed by atoms with E-state index in [2.05, 4.69) is 11.1 Å². The molecule has 2 atom stereocenters. The van der Waals surface area contributed by atoms with Crippen LogP contribution in [-0.4, -0.2) is 30.3 Å². The maximum Gasteiger partial charge on any atom is 0.250 e. The lowest BCUT2D eigenvalue weighted by molar-refractivity contribution is 0.100. The molecule has 3 aromatic rings. The summed E-state index contributed by atoms with van der Waals surface area (Å²) in [6.45, 7) is 3.94. The van der Waals surface area contributed by atoms with Gasteiger partial charge < -0.3 is 10.7 Å². The van der Waals surface area contributed by atoms with Crippen LogP contribution in [-0.2, 0) is 9.84 Å². The topological polar surface area (TPSA) is 93.0 Å². The van der Waals surface area contributed by atoms with Crippen molar-refractivity contribution in [3.8, 4) is 11.1 Å². The standard InChI is InChI=1S/C21H24N2O3S2/c1-12(2)19-9-13(4-6-28(19,25)26)18-10-23-20-16(18)7-15(8-17(20)21(22)24)14-3-5-27-11-14/h3,5,7-8,10-13,19,23H,4,6,9H2,1-2H3,(H2,22,24)/t13-,19+/m1/s1. The van der Waals surface area contributed by atoms with Crippen LogP contribution in [0.15, 0.2) is 35.2 Å². The van der Waals surface area contributed by atoms with Gasteiger partial charge in [0.15, 0.2) is 9.84 Å². The highest BCUT2D eigenvalue weighted by molar-refractivity contribution is 7.92. The summed E-state index contributed by atoms with van der Waals surface area (Å²) in [7, 11) is -3.05. The number of sulfone groups is 1. The number of rotatable bonds is 4. The minimum atomic E-state index is -3.05. The number of aromatic nitrogens is 1. The van der Waals surface area contributed by atoms with Gasteiger partial charge in [0.2, 0.25) is 0 Å². The van der Waals surface area contributed by atoms with Crippen LogP contribution in [0, 0.1) is 5.92 Å². The van der Waals surface area contributed by atoms with Gasteiger partial charge in [-0.3, -0.25) is 4.79 Å². The van der Waals surface area contributed by atoms with Crippen molar-refractivity contribution >= 4 is 38.0 Å². The Balaban J connectivity index is 1.83. The highest BCUT2D eigenvalue weighted by atomic mass is 32.2. The normalized spacial score (nSPS) is 22.0. The Morgan fingerprint density at radius 2 is 2.07 bits per heavy atom. The van der Waals surface area contributed by atoms with E-state index < -0.39 is 15.7 Å². The van der Waals surface area contributed by atoms with Crippen molar-refractivity contribution in [3.63, 3.8) is 0 Å². The number of aromatic amines is 1. The number of H-pyrrole nitrogens is 1. The predicted molar refractivity (Wildman–Crippen MR) is 115 cm³/mol. The highest BCUT2D eigenvalue weighted by Crippen LogP contribution is 2.40. The number of amides is 1. The molecular weight excluding hydrogens is 392 g/mol. The van der Waals surface area contributed by atoms with Gasteiger partial charge in [0.05, 0.1) is 22.1 Å². The van der Waals surface area contributed by atoms with Crippen LogP contribution >= 0.6 is 11.3 Å². The van der Waals surface area contributed by atoms with Crippen molar-refractivity contribution in [2.24, 2.45) is 11.7 Å². The summed E-state index contributed by atoms with van der Waals surface area (Å²) < 4.78 is 25.0. The van der Waals surface area contributed by atoms with Gasteiger partial charge in [-0.25, -0.2) is 8.42 Å². The van der Waals surface area contributed by atoms with Crippen LogP contribution in [0.3, 0.4) is 0 Å². The van der Waals surface area contributed by atoms with E-state index in [9.17, 15) is 13.2 Å². The molecule has 0 aliphatic carbocycles. The first-order valence-electron chi connectivity index (χ1n) is 9.47. The van der Waals surface area contributed by atoms with Crippen LogP contribution in [0.2, 0.25) is 0 Å². The second kappa shape index (κ2) is 7.04. The molecule has 1 amide bonds. The Labute approximate surface area is 168 Å². The molecule has 3 N–H and O–H groups in total. The van der Waals surface area contributed by atoms with E-state index in [1.54, 1.807) is 11.3 Å². The minimum absolute atomic E-state index is 0.0838. The van der Waals surface area contributed by atoms with Crippen LogP contribution in [0.1, 0.15) is 48.5 Å². The smallest absolute Gasteiger partial charge is 0.250 e. The fraction of sp³-hybridized carbons (Fsp3) is 0.381. The molecule has 0 spiro atoms. The summed E-state index contributed by atoms with van der Waals surface area (Å²) in [6, 6.07) is 5.93. The van der Waals surface area contributed by atoms with Gasteiger partial charge in [-0.15, -0.1) is 0 Å². The first kappa shape index (κ1) is 19.2. The van der Waals surface area contributed by atoms with Gasteiger partial charge in [-0.1, -0.05) is 13.8 Å². The zero-order chi connectivity index (χ0) is 20.1. The quantitative estimate of drug-likeness (QED) is 0.663. The molecule has 0 unspecified atom stereocenters. The lowest BCUT2D eigenvalue weighted by Gasteiger charge is -2.31. The summed E-state index contributed by atoms with van der Waals surface area (Å²) >= 11 is 1.60. The van der Waals surface area contributed by atoms with Gasteiger partial charge in [0, 0.05) is 11.6 Å². The van der Waals surface area contributed by atoms with Crippen molar-refractivity contribution in [2.75, 3.05) is 5.75 Å².